The molecular weight excluding hydrogens is 210 g/mol. The summed E-state index contributed by atoms with van der Waals surface area (Å²) >= 11 is 0. The van der Waals surface area contributed by atoms with Crippen LogP contribution in [0.2, 0.25) is 0 Å². The number of nitrogens with one attached hydrogen (secondary N) is 1. The molecule has 0 unspecified atom stereocenters. The molecule has 6 heteroatoms. The van der Waals surface area contributed by atoms with Gasteiger partial charge in [-0.25, -0.2) is 4.98 Å². The molecule has 1 rings (SSSR count). The Morgan fingerprint density at radius 1 is 1.31 bits per heavy atom. The van der Waals surface area contributed by atoms with Crippen LogP contribution in [0.1, 0.15) is 12.6 Å². The Bertz CT molecular complexity index is 302. The number of imidazole rings is 1. The van der Waals surface area contributed by atoms with Crippen molar-refractivity contribution in [3.63, 3.8) is 0 Å². The van der Waals surface area contributed by atoms with Crippen molar-refractivity contribution in [2.75, 3.05) is 19.8 Å². The van der Waals surface area contributed by atoms with E-state index in [-0.39, 0.29) is 19.8 Å². The summed E-state index contributed by atoms with van der Waals surface area (Å²) in [5.74, 6) is 0. The number of aromatic nitrogens is 2. The highest BCUT2D eigenvalue weighted by molar-refractivity contribution is 5.00. The van der Waals surface area contributed by atoms with E-state index in [1.54, 1.807) is 12.5 Å². The third-order valence-corrected chi connectivity index (χ3v) is 2.69. The molecule has 1 aromatic rings. The maximum Gasteiger partial charge on any atom is 0.0948 e. The SMILES string of the molecule is CCn1cncc1CNC(CO)(CO)CO. The van der Waals surface area contributed by atoms with Crippen molar-refractivity contribution >= 4 is 0 Å². The Balaban J connectivity index is 2.62. The number of aryl methyl sites for hydroxylation is 1. The summed E-state index contributed by atoms with van der Waals surface area (Å²) < 4.78 is 1.95. The van der Waals surface area contributed by atoms with Crippen LogP contribution in [0.25, 0.3) is 0 Å². The van der Waals surface area contributed by atoms with Crippen LogP contribution in [0.4, 0.5) is 0 Å². The van der Waals surface area contributed by atoms with Gasteiger partial charge >= 0.3 is 0 Å². The van der Waals surface area contributed by atoms with Crippen molar-refractivity contribution in [3.05, 3.63) is 18.2 Å². The van der Waals surface area contributed by atoms with Gasteiger partial charge in [-0.1, -0.05) is 0 Å². The average molecular weight is 229 g/mol. The van der Waals surface area contributed by atoms with Crippen molar-refractivity contribution in [3.8, 4) is 0 Å². The average Bonchev–Trinajstić information content (AvgIpc) is 2.79. The molecule has 0 aromatic carbocycles. The van der Waals surface area contributed by atoms with E-state index in [1.807, 2.05) is 11.5 Å². The number of aliphatic hydroxyl groups is 3. The zero-order valence-corrected chi connectivity index (χ0v) is 9.43. The molecule has 0 aliphatic carbocycles. The molecule has 0 spiro atoms. The first-order chi connectivity index (χ1) is 7.71. The first kappa shape index (κ1) is 13.1. The number of aliphatic hydroxyl groups excluding tert-OH is 3. The van der Waals surface area contributed by atoms with Gasteiger partial charge in [0.15, 0.2) is 0 Å². The van der Waals surface area contributed by atoms with E-state index in [9.17, 15) is 0 Å². The fraction of sp³-hybridized carbons (Fsp3) is 0.700. The molecule has 16 heavy (non-hydrogen) atoms. The van der Waals surface area contributed by atoms with Crippen LogP contribution in [0, 0.1) is 0 Å². The molecule has 92 valence electrons. The fourth-order valence-electron chi connectivity index (χ4n) is 1.38. The number of hydrogen-bond acceptors (Lipinski definition) is 5. The molecule has 4 N–H and O–H groups in total. The molecule has 0 atom stereocenters. The molecule has 0 saturated heterocycles. The highest BCUT2D eigenvalue weighted by atomic mass is 16.3. The maximum atomic E-state index is 9.13. The molecule has 6 nitrogen and oxygen atoms in total. The molecule has 0 bridgehead atoms. The summed E-state index contributed by atoms with van der Waals surface area (Å²) in [7, 11) is 0. The van der Waals surface area contributed by atoms with Gasteiger partial charge in [0.05, 0.1) is 37.4 Å². The van der Waals surface area contributed by atoms with E-state index in [2.05, 4.69) is 10.3 Å². The lowest BCUT2D eigenvalue weighted by atomic mass is 10.0. The van der Waals surface area contributed by atoms with Gasteiger partial charge in [-0.2, -0.15) is 0 Å². The molecular formula is C10H19N3O3. The highest BCUT2D eigenvalue weighted by Gasteiger charge is 2.27. The Morgan fingerprint density at radius 2 is 1.94 bits per heavy atom. The summed E-state index contributed by atoms with van der Waals surface area (Å²) in [6.45, 7) is 2.29. The van der Waals surface area contributed by atoms with Crippen molar-refractivity contribution in [1.82, 2.24) is 14.9 Å². The second-order valence-corrected chi connectivity index (χ2v) is 3.78. The van der Waals surface area contributed by atoms with Crippen LogP contribution in [0.15, 0.2) is 12.5 Å². The van der Waals surface area contributed by atoms with Crippen LogP contribution in [0.3, 0.4) is 0 Å². The third-order valence-electron chi connectivity index (χ3n) is 2.69. The molecule has 1 aromatic heterocycles. The molecule has 0 radical (unpaired) electrons. The topological polar surface area (TPSA) is 90.5 Å². The minimum Gasteiger partial charge on any atom is -0.394 e. The molecule has 0 aliphatic heterocycles. The van der Waals surface area contributed by atoms with Crippen molar-refractivity contribution in [1.29, 1.82) is 0 Å². The van der Waals surface area contributed by atoms with E-state index < -0.39 is 5.54 Å². The largest absolute Gasteiger partial charge is 0.394 e. The van der Waals surface area contributed by atoms with Crippen LogP contribution in [0.5, 0.6) is 0 Å². The van der Waals surface area contributed by atoms with Gasteiger partial charge in [-0.15, -0.1) is 0 Å². The molecule has 0 aliphatic rings. The molecule has 0 saturated carbocycles. The number of rotatable bonds is 7. The summed E-state index contributed by atoms with van der Waals surface area (Å²) in [5.41, 5.74) is -0.0923. The van der Waals surface area contributed by atoms with Crippen LogP contribution in [-0.4, -0.2) is 50.2 Å². The fourth-order valence-corrected chi connectivity index (χ4v) is 1.38. The van der Waals surface area contributed by atoms with Gasteiger partial charge in [0.25, 0.3) is 0 Å². The van der Waals surface area contributed by atoms with Gasteiger partial charge in [0.2, 0.25) is 0 Å². The quantitative estimate of drug-likeness (QED) is 0.467. The normalized spacial score (nSPS) is 12.0. The summed E-state index contributed by atoms with van der Waals surface area (Å²) in [4.78, 5) is 4.01. The van der Waals surface area contributed by atoms with Crippen molar-refractivity contribution in [2.45, 2.75) is 25.6 Å². The first-order valence-corrected chi connectivity index (χ1v) is 5.28. The monoisotopic (exact) mass is 229 g/mol. The maximum absolute atomic E-state index is 9.13. The van der Waals surface area contributed by atoms with Gasteiger partial charge in [-0.05, 0) is 6.92 Å². The Labute approximate surface area is 94.6 Å². The van der Waals surface area contributed by atoms with E-state index in [0.29, 0.717) is 6.54 Å². The summed E-state index contributed by atoms with van der Waals surface area (Å²) in [6, 6.07) is 0. The summed E-state index contributed by atoms with van der Waals surface area (Å²) in [6.07, 6.45) is 3.43. The third kappa shape index (κ3) is 2.79. The lowest BCUT2D eigenvalue weighted by Crippen LogP contribution is -2.54. The van der Waals surface area contributed by atoms with Gasteiger partial charge < -0.3 is 19.9 Å². The standard InChI is InChI=1S/C10H19N3O3/c1-2-13-8-11-3-9(13)4-12-10(5-14,6-15)7-16/h3,8,12,14-16H,2,4-7H2,1H3. The van der Waals surface area contributed by atoms with Crippen LogP contribution >= 0.6 is 0 Å². The van der Waals surface area contributed by atoms with Gasteiger partial charge in [0.1, 0.15) is 0 Å². The molecule has 0 amide bonds. The van der Waals surface area contributed by atoms with Gasteiger partial charge in [-0.3, -0.25) is 5.32 Å². The number of nitrogens with zero attached hydrogens (tertiary/aromatic N) is 2. The van der Waals surface area contributed by atoms with Crippen LogP contribution < -0.4 is 5.32 Å². The Morgan fingerprint density at radius 3 is 2.44 bits per heavy atom. The van der Waals surface area contributed by atoms with E-state index >= 15 is 0 Å². The van der Waals surface area contributed by atoms with E-state index in [1.165, 1.54) is 0 Å². The zero-order valence-electron chi connectivity index (χ0n) is 9.43. The van der Waals surface area contributed by atoms with E-state index in [0.717, 1.165) is 12.2 Å². The minimum absolute atomic E-state index is 0.319. The molecule has 0 fully saturated rings. The predicted molar refractivity (Wildman–Crippen MR) is 58.7 cm³/mol. The second-order valence-electron chi connectivity index (χ2n) is 3.78. The minimum atomic E-state index is -1.04. The predicted octanol–water partition coefficient (Wildman–Crippen LogP) is -1.29. The Hall–Kier alpha value is -0.950. The smallest absolute Gasteiger partial charge is 0.0948 e. The lowest BCUT2D eigenvalue weighted by Gasteiger charge is -2.28. The summed E-state index contributed by atoms with van der Waals surface area (Å²) in [5, 5.41) is 30.3. The second kappa shape index (κ2) is 5.95. The first-order valence-electron chi connectivity index (χ1n) is 5.28. The van der Waals surface area contributed by atoms with Crippen LogP contribution in [-0.2, 0) is 13.1 Å². The molecule has 1 heterocycles. The Kier molecular flexibility index (Phi) is 4.88. The highest BCUT2D eigenvalue weighted by Crippen LogP contribution is 2.05. The van der Waals surface area contributed by atoms with Crippen molar-refractivity contribution < 1.29 is 15.3 Å². The zero-order chi connectivity index (χ0) is 12.0. The lowest BCUT2D eigenvalue weighted by molar-refractivity contribution is 0.0410. The van der Waals surface area contributed by atoms with Gasteiger partial charge in [0, 0.05) is 19.3 Å². The van der Waals surface area contributed by atoms with Crippen molar-refractivity contribution in [2.24, 2.45) is 0 Å². The van der Waals surface area contributed by atoms with E-state index in [4.69, 9.17) is 15.3 Å². The number of hydrogen-bond donors (Lipinski definition) is 4.